The van der Waals surface area contributed by atoms with Crippen LogP contribution in [0.15, 0.2) is 36.4 Å². The number of nitrogens with zero attached hydrogens (tertiary/aromatic N) is 1. The van der Waals surface area contributed by atoms with Crippen molar-refractivity contribution in [3.05, 3.63) is 52.5 Å². The summed E-state index contributed by atoms with van der Waals surface area (Å²) in [4.78, 5) is 27.2. The van der Waals surface area contributed by atoms with E-state index in [9.17, 15) is 9.59 Å². The van der Waals surface area contributed by atoms with Gasteiger partial charge in [-0.1, -0.05) is 11.6 Å². The van der Waals surface area contributed by atoms with Gasteiger partial charge in [0.05, 0.1) is 31.6 Å². The monoisotopic (exact) mass is 432 g/mol. The number of benzene rings is 2. The second-order valence-corrected chi connectivity index (χ2v) is 7.42. The number of hydrogen-bond acceptors (Lipinski definition) is 6. The number of anilines is 2. The molecule has 1 atom stereocenters. The highest BCUT2D eigenvalue weighted by Gasteiger charge is 2.21. The van der Waals surface area contributed by atoms with Crippen LogP contribution in [0, 0.1) is 6.92 Å². The van der Waals surface area contributed by atoms with Gasteiger partial charge < -0.3 is 24.4 Å². The molecule has 160 valence electrons. The zero-order valence-electron chi connectivity index (χ0n) is 17.2. The molecule has 8 heteroatoms. The molecule has 0 aromatic heterocycles. The number of methoxy groups -OCH3 is 1. The number of carbonyl (C=O) groups is 2. The number of esters is 1. The van der Waals surface area contributed by atoms with E-state index in [0.29, 0.717) is 29.7 Å². The van der Waals surface area contributed by atoms with Crippen molar-refractivity contribution in [3.63, 3.8) is 0 Å². The molecule has 0 aliphatic carbocycles. The van der Waals surface area contributed by atoms with E-state index in [0.717, 1.165) is 24.3 Å². The molecule has 0 radical (unpaired) electrons. The molecule has 0 bridgehead atoms. The number of carbonyl (C=O) groups excluding carboxylic acids is 2. The van der Waals surface area contributed by atoms with Crippen LogP contribution in [0.2, 0.25) is 5.02 Å². The van der Waals surface area contributed by atoms with Gasteiger partial charge in [-0.05, 0) is 55.8 Å². The summed E-state index contributed by atoms with van der Waals surface area (Å²) in [7, 11) is 1.31. The molecule has 0 saturated carbocycles. The maximum atomic E-state index is 12.7. The molecule has 1 saturated heterocycles. The quantitative estimate of drug-likeness (QED) is 0.702. The highest BCUT2D eigenvalue weighted by Crippen LogP contribution is 2.26. The van der Waals surface area contributed by atoms with Crippen molar-refractivity contribution in [2.45, 2.75) is 20.0 Å². The third-order valence-electron chi connectivity index (χ3n) is 4.85. The van der Waals surface area contributed by atoms with Crippen molar-refractivity contribution in [3.8, 4) is 5.75 Å². The summed E-state index contributed by atoms with van der Waals surface area (Å²) in [6.45, 7) is 6.22. The summed E-state index contributed by atoms with van der Waals surface area (Å²) < 4.78 is 16.1. The highest BCUT2D eigenvalue weighted by atomic mass is 35.5. The van der Waals surface area contributed by atoms with Crippen LogP contribution in [0.25, 0.3) is 0 Å². The van der Waals surface area contributed by atoms with Crippen LogP contribution in [0.5, 0.6) is 5.75 Å². The molecule has 30 heavy (non-hydrogen) atoms. The first-order chi connectivity index (χ1) is 14.4. The van der Waals surface area contributed by atoms with Crippen molar-refractivity contribution < 1.29 is 23.8 Å². The number of amides is 1. The van der Waals surface area contributed by atoms with E-state index in [-0.39, 0.29) is 11.5 Å². The van der Waals surface area contributed by atoms with Gasteiger partial charge in [0, 0.05) is 23.8 Å². The fraction of sp³-hybridized carbons (Fsp3) is 0.364. The molecule has 7 nitrogen and oxygen atoms in total. The van der Waals surface area contributed by atoms with Crippen molar-refractivity contribution in [1.29, 1.82) is 0 Å². The van der Waals surface area contributed by atoms with Gasteiger partial charge in [-0.15, -0.1) is 0 Å². The number of hydrogen-bond donors (Lipinski definition) is 1. The molecule has 2 aromatic rings. The molecule has 1 aliphatic rings. The van der Waals surface area contributed by atoms with Gasteiger partial charge in [-0.25, -0.2) is 4.79 Å². The Balaban J connectivity index is 1.76. The molecule has 0 spiro atoms. The first-order valence-electron chi connectivity index (χ1n) is 9.67. The Bertz CT molecular complexity index is 928. The lowest BCUT2D eigenvalue weighted by Crippen LogP contribution is -2.36. The summed E-state index contributed by atoms with van der Waals surface area (Å²) in [5.41, 5.74) is 2.35. The third kappa shape index (κ3) is 5.23. The van der Waals surface area contributed by atoms with Gasteiger partial charge in [-0.2, -0.15) is 0 Å². The van der Waals surface area contributed by atoms with Crippen molar-refractivity contribution in [2.75, 3.05) is 43.6 Å². The maximum absolute atomic E-state index is 12.7. The van der Waals surface area contributed by atoms with Crippen molar-refractivity contribution in [1.82, 2.24) is 0 Å². The van der Waals surface area contributed by atoms with E-state index in [1.54, 1.807) is 37.3 Å². The topological polar surface area (TPSA) is 77.1 Å². The summed E-state index contributed by atoms with van der Waals surface area (Å²) in [5, 5.41) is 3.37. The number of nitrogens with one attached hydrogen (secondary N) is 1. The van der Waals surface area contributed by atoms with Gasteiger partial charge in [0.2, 0.25) is 0 Å². The van der Waals surface area contributed by atoms with E-state index >= 15 is 0 Å². The van der Waals surface area contributed by atoms with Crippen LogP contribution in [0.4, 0.5) is 11.4 Å². The Kier molecular flexibility index (Phi) is 7.18. The maximum Gasteiger partial charge on any atom is 0.340 e. The van der Waals surface area contributed by atoms with Crippen LogP contribution in [0.3, 0.4) is 0 Å². The number of aryl methyl sites for hydroxylation is 1. The predicted octanol–water partition coefficient (Wildman–Crippen LogP) is 3.68. The standard InChI is InChI=1S/C22H25ClN2O5/c1-14-12-16(23)4-7-20(14)30-15(2)21(26)24-19-6-5-17(13-18(19)22(27)28-3)25-8-10-29-11-9-25/h4-7,12-13,15H,8-11H2,1-3H3,(H,24,26). The Hall–Kier alpha value is -2.77. The molecule has 1 N–H and O–H groups in total. The lowest BCUT2D eigenvalue weighted by molar-refractivity contribution is -0.122. The molecule has 2 aromatic carbocycles. The summed E-state index contributed by atoms with van der Waals surface area (Å²) in [6, 6.07) is 10.5. The zero-order valence-corrected chi connectivity index (χ0v) is 18.0. The Labute approximate surface area is 180 Å². The van der Waals surface area contributed by atoms with E-state index < -0.39 is 12.1 Å². The minimum absolute atomic E-state index is 0.282. The van der Waals surface area contributed by atoms with Gasteiger partial charge in [0.15, 0.2) is 6.10 Å². The van der Waals surface area contributed by atoms with Crippen molar-refractivity contribution in [2.24, 2.45) is 0 Å². The van der Waals surface area contributed by atoms with Crippen LogP contribution >= 0.6 is 11.6 Å². The van der Waals surface area contributed by atoms with Gasteiger partial charge >= 0.3 is 5.97 Å². The Morgan fingerprint density at radius 3 is 2.57 bits per heavy atom. The van der Waals surface area contributed by atoms with Gasteiger partial charge in [0.25, 0.3) is 5.91 Å². The van der Waals surface area contributed by atoms with Crippen LogP contribution in [-0.2, 0) is 14.3 Å². The zero-order chi connectivity index (χ0) is 21.7. The van der Waals surface area contributed by atoms with Crippen LogP contribution in [-0.4, -0.2) is 51.4 Å². The van der Waals surface area contributed by atoms with E-state index in [1.165, 1.54) is 7.11 Å². The van der Waals surface area contributed by atoms with Gasteiger partial charge in [-0.3, -0.25) is 4.79 Å². The highest BCUT2D eigenvalue weighted by molar-refractivity contribution is 6.30. The normalized spacial score (nSPS) is 14.7. The number of morpholine rings is 1. The summed E-state index contributed by atoms with van der Waals surface area (Å²) in [5.74, 6) is -0.339. The molecule has 1 amide bonds. The van der Waals surface area contributed by atoms with E-state index in [2.05, 4.69) is 10.2 Å². The molecular weight excluding hydrogens is 408 g/mol. The SMILES string of the molecule is COC(=O)c1cc(N2CCOCC2)ccc1NC(=O)C(C)Oc1ccc(Cl)cc1C. The first-order valence-corrected chi connectivity index (χ1v) is 10.1. The summed E-state index contributed by atoms with van der Waals surface area (Å²) >= 11 is 5.96. The smallest absolute Gasteiger partial charge is 0.340 e. The van der Waals surface area contributed by atoms with Crippen LogP contribution < -0.4 is 15.0 Å². The number of ether oxygens (including phenoxy) is 3. The van der Waals surface area contributed by atoms with Gasteiger partial charge in [0.1, 0.15) is 5.75 Å². The second-order valence-electron chi connectivity index (χ2n) is 6.98. The average molecular weight is 433 g/mol. The average Bonchev–Trinajstić information content (AvgIpc) is 2.75. The lowest BCUT2D eigenvalue weighted by Gasteiger charge is -2.29. The first kappa shape index (κ1) is 21.9. The second kappa shape index (κ2) is 9.82. The largest absolute Gasteiger partial charge is 0.481 e. The predicted molar refractivity (Wildman–Crippen MR) is 116 cm³/mol. The fourth-order valence-corrected chi connectivity index (χ4v) is 3.39. The fourth-order valence-electron chi connectivity index (χ4n) is 3.16. The van der Waals surface area contributed by atoms with Crippen molar-refractivity contribution >= 4 is 34.9 Å². The molecule has 1 unspecified atom stereocenters. The summed E-state index contributed by atoms with van der Waals surface area (Å²) in [6.07, 6.45) is -0.783. The number of halogens is 1. The molecule has 3 rings (SSSR count). The molecule has 1 fully saturated rings. The minimum Gasteiger partial charge on any atom is -0.481 e. The molecule has 1 aliphatic heterocycles. The Morgan fingerprint density at radius 1 is 1.17 bits per heavy atom. The van der Waals surface area contributed by atoms with Crippen LogP contribution in [0.1, 0.15) is 22.8 Å². The van der Waals surface area contributed by atoms with E-state index in [1.807, 2.05) is 13.0 Å². The number of rotatable bonds is 6. The van der Waals surface area contributed by atoms with E-state index in [4.69, 9.17) is 25.8 Å². The Morgan fingerprint density at radius 2 is 1.90 bits per heavy atom. The molecule has 1 heterocycles. The third-order valence-corrected chi connectivity index (χ3v) is 5.09. The molecular formula is C22H25ClN2O5. The minimum atomic E-state index is -0.783. The lowest BCUT2D eigenvalue weighted by atomic mass is 10.1.